The SMILES string of the molecule is CC1CCC(N)C(C(=O)N2CCCC(C)(O)C2)C1. The zero-order chi connectivity index (χ0) is 13.3. The number of rotatable bonds is 1. The fourth-order valence-corrected chi connectivity index (χ4v) is 3.33. The first-order chi connectivity index (χ1) is 8.39. The summed E-state index contributed by atoms with van der Waals surface area (Å²) < 4.78 is 0. The normalized spacial score (nSPS) is 41.8. The molecule has 0 spiro atoms. The smallest absolute Gasteiger partial charge is 0.227 e. The second kappa shape index (κ2) is 5.17. The van der Waals surface area contributed by atoms with Crippen LogP contribution in [-0.2, 0) is 4.79 Å². The highest BCUT2D eigenvalue weighted by atomic mass is 16.3. The van der Waals surface area contributed by atoms with Gasteiger partial charge in [-0.05, 0) is 44.9 Å². The molecule has 1 amide bonds. The molecule has 2 rings (SSSR count). The lowest BCUT2D eigenvalue weighted by molar-refractivity contribution is -0.144. The van der Waals surface area contributed by atoms with Crippen molar-refractivity contribution in [2.75, 3.05) is 13.1 Å². The van der Waals surface area contributed by atoms with Gasteiger partial charge >= 0.3 is 0 Å². The molecule has 3 N–H and O–H groups in total. The van der Waals surface area contributed by atoms with Crippen LogP contribution in [0.2, 0.25) is 0 Å². The topological polar surface area (TPSA) is 66.6 Å². The first kappa shape index (κ1) is 13.8. The molecule has 2 fully saturated rings. The van der Waals surface area contributed by atoms with E-state index >= 15 is 0 Å². The molecule has 0 aromatic rings. The van der Waals surface area contributed by atoms with Crippen LogP contribution in [0.4, 0.5) is 0 Å². The number of carbonyl (C=O) groups is 1. The maximum atomic E-state index is 12.5. The Hall–Kier alpha value is -0.610. The van der Waals surface area contributed by atoms with E-state index in [9.17, 15) is 9.90 Å². The van der Waals surface area contributed by atoms with E-state index in [1.165, 1.54) is 0 Å². The van der Waals surface area contributed by atoms with Crippen LogP contribution >= 0.6 is 0 Å². The van der Waals surface area contributed by atoms with Crippen LogP contribution in [0.15, 0.2) is 0 Å². The van der Waals surface area contributed by atoms with Crippen molar-refractivity contribution in [1.82, 2.24) is 4.90 Å². The lowest BCUT2D eigenvalue weighted by Crippen LogP contribution is -2.53. The monoisotopic (exact) mass is 254 g/mol. The third-order valence-electron chi connectivity index (χ3n) is 4.47. The average Bonchev–Trinajstić information content (AvgIpc) is 2.30. The summed E-state index contributed by atoms with van der Waals surface area (Å²) in [5, 5.41) is 10.1. The Balaban J connectivity index is 2.01. The van der Waals surface area contributed by atoms with Gasteiger partial charge in [-0.3, -0.25) is 4.79 Å². The quantitative estimate of drug-likeness (QED) is 0.737. The minimum atomic E-state index is -0.724. The molecule has 104 valence electrons. The van der Waals surface area contributed by atoms with Crippen molar-refractivity contribution in [3.63, 3.8) is 0 Å². The van der Waals surface area contributed by atoms with Crippen LogP contribution in [0.3, 0.4) is 0 Å². The maximum Gasteiger partial charge on any atom is 0.227 e. The number of carbonyl (C=O) groups excluding carboxylic acids is 1. The minimum absolute atomic E-state index is 0.000533. The summed E-state index contributed by atoms with van der Waals surface area (Å²) in [6.07, 6.45) is 4.64. The maximum absolute atomic E-state index is 12.5. The van der Waals surface area contributed by atoms with E-state index in [1.54, 1.807) is 0 Å². The molecule has 1 aliphatic carbocycles. The van der Waals surface area contributed by atoms with Gasteiger partial charge in [0.05, 0.1) is 11.5 Å². The molecule has 0 bridgehead atoms. The van der Waals surface area contributed by atoms with Gasteiger partial charge in [0.25, 0.3) is 0 Å². The number of hydrogen-bond donors (Lipinski definition) is 2. The molecule has 0 aromatic heterocycles. The Morgan fingerprint density at radius 2 is 2.17 bits per heavy atom. The third-order valence-corrected chi connectivity index (χ3v) is 4.47. The fraction of sp³-hybridized carbons (Fsp3) is 0.929. The van der Waals surface area contributed by atoms with Crippen LogP contribution in [0.1, 0.15) is 46.0 Å². The highest BCUT2D eigenvalue weighted by Gasteiger charge is 2.38. The number of nitrogens with zero attached hydrogens (tertiary/aromatic N) is 1. The molecule has 4 atom stereocenters. The molecule has 18 heavy (non-hydrogen) atoms. The molecular weight excluding hydrogens is 228 g/mol. The Morgan fingerprint density at radius 1 is 1.44 bits per heavy atom. The number of nitrogens with two attached hydrogens (primary N) is 1. The summed E-state index contributed by atoms with van der Waals surface area (Å²) in [4.78, 5) is 14.4. The van der Waals surface area contributed by atoms with Gasteiger partial charge in [0, 0.05) is 19.1 Å². The number of hydrogen-bond acceptors (Lipinski definition) is 3. The molecule has 0 radical (unpaired) electrons. The van der Waals surface area contributed by atoms with Crippen LogP contribution in [-0.4, -0.2) is 40.6 Å². The van der Waals surface area contributed by atoms with Gasteiger partial charge in [-0.1, -0.05) is 6.92 Å². The van der Waals surface area contributed by atoms with Crippen molar-refractivity contribution < 1.29 is 9.90 Å². The Kier molecular flexibility index (Phi) is 3.97. The average molecular weight is 254 g/mol. The zero-order valence-corrected chi connectivity index (χ0v) is 11.6. The van der Waals surface area contributed by atoms with Crippen LogP contribution < -0.4 is 5.73 Å². The summed E-state index contributed by atoms with van der Waals surface area (Å²) in [5.41, 5.74) is 5.38. The van der Waals surface area contributed by atoms with Crippen LogP contribution in [0, 0.1) is 11.8 Å². The second-order valence-electron chi connectivity index (χ2n) is 6.55. The summed E-state index contributed by atoms with van der Waals surface area (Å²) in [7, 11) is 0. The van der Waals surface area contributed by atoms with Crippen molar-refractivity contribution in [1.29, 1.82) is 0 Å². The van der Waals surface area contributed by atoms with E-state index < -0.39 is 5.60 Å². The number of piperidine rings is 1. The highest BCUT2D eigenvalue weighted by Crippen LogP contribution is 2.31. The van der Waals surface area contributed by atoms with Crippen molar-refractivity contribution in [3.8, 4) is 0 Å². The van der Waals surface area contributed by atoms with E-state index in [4.69, 9.17) is 5.73 Å². The molecule has 1 saturated carbocycles. The molecule has 2 aliphatic rings. The Bertz CT molecular complexity index is 317. The molecular formula is C14H26N2O2. The van der Waals surface area contributed by atoms with Gasteiger partial charge in [-0.15, -0.1) is 0 Å². The number of aliphatic hydroxyl groups is 1. The van der Waals surface area contributed by atoms with Crippen molar-refractivity contribution in [2.45, 2.75) is 57.6 Å². The van der Waals surface area contributed by atoms with Crippen molar-refractivity contribution >= 4 is 5.91 Å². The van der Waals surface area contributed by atoms with Gasteiger partial charge in [0.2, 0.25) is 5.91 Å². The largest absolute Gasteiger partial charge is 0.388 e. The van der Waals surface area contributed by atoms with Crippen LogP contribution in [0.5, 0.6) is 0 Å². The van der Waals surface area contributed by atoms with Gasteiger partial charge in [-0.2, -0.15) is 0 Å². The number of β-amino-alcohol motifs (C(OH)–C–C–N with tert-alkyl or cyclic N) is 1. The lowest BCUT2D eigenvalue weighted by Gasteiger charge is -2.41. The number of amides is 1. The predicted molar refractivity (Wildman–Crippen MR) is 70.9 cm³/mol. The van der Waals surface area contributed by atoms with Gasteiger partial charge < -0.3 is 15.7 Å². The van der Waals surface area contributed by atoms with E-state index in [2.05, 4.69) is 6.92 Å². The lowest BCUT2D eigenvalue weighted by atomic mass is 9.78. The standard InChI is InChI=1S/C14H26N2O2/c1-10-4-5-12(15)11(8-10)13(17)16-7-3-6-14(2,18)9-16/h10-12,18H,3-9,15H2,1-2H3. The molecule has 0 aromatic carbocycles. The fourth-order valence-electron chi connectivity index (χ4n) is 3.33. The minimum Gasteiger partial charge on any atom is -0.388 e. The molecule has 1 heterocycles. The zero-order valence-electron chi connectivity index (χ0n) is 11.6. The highest BCUT2D eigenvalue weighted by molar-refractivity contribution is 5.80. The van der Waals surface area contributed by atoms with Crippen molar-refractivity contribution in [2.24, 2.45) is 17.6 Å². The summed E-state index contributed by atoms with van der Waals surface area (Å²) >= 11 is 0. The van der Waals surface area contributed by atoms with Crippen LogP contribution in [0.25, 0.3) is 0 Å². The number of likely N-dealkylation sites (tertiary alicyclic amines) is 1. The van der Waals surface area contributed by atoms with Crippen molar-refractivity contribution in [3.05, 3.63) is 0 Å². The van der Waals surface area contributed by atoms with E-state index in [0.29, 0.717) is 12.5 Å². The Morgan fingerprint density at radius 3 is 2.83 bits per heavy atom. The first-order valence-corrected chi connectivity index (χ1v) is 7.16. The van der Waals surface area contributed by atoms with Gasteiger partial charge in [-0.25, -0.2) is 0 Å². The van der Waals surface area contributed by atoms with E-state index in [0.717, 1.165) is 38.6 Å². The van der Waals surface area contributed by atoms with Gasteiger partial charge in [0.15, 0.2) is 0 Å². The van der Waals surface area contributed by atoms with E-state index in [-0.39, 0.29) is 17.9 Å². The Labute approximate surface area is 110 Å². The van der Waals surface area contributed by atoms with E-state index in [1.807, 2.05) is 11.8 Å². The molecule has 1 aliphatic heterocycles. The second-order valence-corrected chi connectivity index (χ2v) is 6.55. The molecule has 1 saturated heterocycles. The van der Waals surface area contributed by atoms with Gasteiger partial charge in [0.1, 0.15) is 0 Å². The summed E-state index contributed by atoms with van der Waals surface area (Å²) in [5.74, 6) is 0.709. The summed E-state index contributed by atoms with van der Waals surface area (Å²) in [6, 6.07) is 0.000533. The molecule has 4 nitrogen and oxygen atoms in total. The predicted octanol–water partition coefficient (Wildman–Crippen LogP) is 1.12. The first-order valence-electron chi connectivity index (χ1n) is 7.16. The summed E-state index contributed by atoms with van der Waals surface area (Å²) in [6.45, 7) is 5.24. The third kappa shape index (κ3) is 3.04. The molecule has 4 heteroatoms. The molecule has 4 unspecified atom stereocenters.